The van der Waals surface area contributed by atoms with Gasteiger partial charge in [0, 0.05) is 23.7 Å². The molecule has 0 aliphatic carbocycles. The lowest BCUT2D eigenvalue weighted by molar-refractivity contribution is 0.0543. The Labute approximate surface area is 121 Å². The van der Waals surface area contributed by atoms with E-state index in [2.05, 4.69) is 4.98 Å². The molecule has 0 spiro atoms. The number of rotatable bonds is 1. The van der Waals surface area contributed by atoms with E-state index in [4.69, 9.17) is 27.9 Å². The summed E-state index contributed by atoms with van der Waals surface area (Å²) in [5, 5.41) is 1.26. The number of carbonyl (C=O) groups is 1. The van der Waals surface area contributed by atoms with Crippen molar-refractivity contribution in [2.75, 3.05) is 0 Å². The quantitative estimate of drug-likeness (QED) is 0.741. The summed E-state index contributed by atoms with van der Waals surface area (Å²) in [5.74, 6) is 0.272. The van der Waals surface area contributed by atoms with E-state index in [1.807, 2.05) is 20.8 Å². The molecule has 0 fully saturated rings. The highest BCUT2D eigenvalue weighted by Crippen LogP contribution is 2.25. The summed E-state index contributed by atoms with van der Waals surface area (Å²) in [6, 6.07) is 1.74. The van der Waals surface area contributed by atoms with E-state index in [1.165, 1.54) is 10.8 Å². The first-order valence-corrected chi connectivity index (χ1v) is 6.68. The van der Waals surface area contributed by atoms with E-state index in [0.29, 0.717) is 10.7 Å². The second-order valence-electron chi connectivity index (χ2n) is 5.16. The summed E-state index contributed by atoms with van der Waals surface area (Å²) in [6.07, 6.45) is 2.64. The first-order chi connectivity index (χ1) is 8.81. The minimum absolute atomic E-state index is 0.272. The molecule has 0 amide bonds. The van der Waals surface area contributed by atoms with Gasteiger partial charge in [-0.3, -0.25) is 0 Å². The summed E-state index contributed by atoms with van der Waals surface area (Å²) in [4.78, 5) is 16.3. The van der Waals surface area contributed by atoms with E-state index in [-0.39, 0.29) is 5.88 Å². The molecule has 0 N–H and O–H groups in total. The van der Waals surface area contributed by atoms with Gasteiger partial charge in [0.2, 0.25) is 0 Å². The van der Waals surface area contributed by atoms with Crippen LogP contribution in [0.15, 0.2) is 18.5 Å². The minimum atomic E-state index is -0.568. The molecule has 2 rings (SSSR count). The average molecular weight is 301 g/mol. The molecule has 0 bridgehead atoms. The van der Waals surface area contributed by atoms with Crippen LogP contribution in [-0.4, -0.2) is 21.2 Å². The molecule has 0 aliphatic heterocycles. The van der Waals surface area contributed by atoms with Crippen LogP contribution in [0.3, 0.4) is 0 Å². The second-order valence-corrected chi connectivity index (χ2v) is 5.87. The molecule has 0 aromatic carbocycles. The molecule has 19 heavy (non-hydrogen) atoms. The van der Waals surface area contributed by atoms with Gasteiger partial charge in [0.15, 0.2) is 0 Å². The van der Waals surface area contributed by atoms with Crippen LogP contribution >= 0.6 is 23.2 Å². The highest BCUT2D eigenvalue weighted by Gasteiger charge is 2.21. The van der Waals surface area contributed by atoms with Gasteiger partial charge < -0.3 is 4.74 Å². The molecule has 102 valence electrons. The van der Waals surface area contributed by atoms with Crippen molar-refractivity contribution in [2.24, 2.45) is 0 Å². The van der Waals surface area contributed by atoms with Gasteiger partial charge in [-0.2, -0.15) is 0 Å². The summed E-state index contributed by atoms with van der Waals surface area (Å²) in [5.41, 5.74) is 0.716. The van der Waals surface area contributed by atoms with Gasteiger partial charge in [0.1, 0.15) is 11.2 Å². The van der Waals surface area contributed by atoms with Crippen LogP contribution in [0.2, 0.25) is 5.02 Å². The number of pyridine rings is 1. The predicted octanol–water partition coefficient (Wildman–Crippen LogP) is 4.21. The van der Waals surface area contributed by atoms with Crippen LogP contribution in [0, 0.1) is 0 Å². The third kappa shape index (κ3) is 3.01. The summed E-state index contributed by atoms with van der Waals surface area (Å²) in [7, 11) is 0. The number of aromatic nitrogens is 2. The fourth-order valence-electron chi connectivity index (χ4n) is 1.70. The first kappa shape index (κ1) is 14.2. The van der Waals surface area contributed by atoms with Crippen molar-refractivity contribution in [2.45, 2.75) is 32.3 Å². The van der Waals surface area contributed by atoms with Crippen LogP contribution in [-0.2, 0) is 10.6 Å². The van der Waals surface area contributed by atoms with Crippen LogP contribution < -0.4 is 0 Å². The normalized spacial score (nSPS) is 11.8. The lowest BCUT2D eigenvalue weighted by Gasteiger charge is -2.19. The standard InChI is InChI=1S/C13H14Cl2N2O2/c1-13(2,3)19-12(18)17-7-8(5-14)10-4-9(15)6-16-11(10)17/h4,6-7H,5H2,1-3H3. The maximum Gasteiger partial charge on any atom is 0.420 e. The lowest BCUT2D eigenvalue weighted by atomic mass is 10.2. The van der Waals surface area contributed by atoms with Crippen molar-refractivity contribution >= 4 is 40.3 Å². The maximum atomic E-state index is 12.1. The predicted molar refractivity (Wildman–Crippen MR) is 75.9 cm³/mol. The Bertz CT molecular complexity index is 629. The lowest BCUT2D eigenvalue weighted by Crippen LogP contribution is -2.26. The topological polar surface area (TPSA) is 44.1 Å². The zero-order chi connectivity index (χ0) is 14.2. The van der Waals surface area contributed by atoms with Crippen molar-refractivity contribution in [1.82, 2.24) is 9.55 Å². The third-order valence-corrected chi connectivity index (χ3v) is 2.92. The Hall–Kier alpha value is -1.26. The van der Waals surface area contributed by atoms with Crippen molar-refractivity contribution in [3.63, 3.8) is 0 Å². The molecule has 0 aliphatic rings. The number of carbonyl (C=O) groups excluding carboxylic acids is 1. The van der Waals surface area contributed by atoms with Crippen LogP contribution in [0.25, 0.3) is 11.0 Å². The minimum Gasteiger partial charge on any atom is -0.443 e. The fourth-order valence-corrected chi connectivity index (χ4v) is 2.07. The molecule has 0 atom stereocenters. The van der Waals surface area contributed by atoms with Gasteiger partial charge in [-0.05, 0) is 32.4 Å². The molecular formula is C13H14Cl2N2O2. The summed E-state index contributed by atoms with van der Waals surface area (Å²) < 4.78 is 6.68. The number of ether oxygens (including phenoxy) is 1. The van der Waals surface area contributed by atoms with E-state index < -0.39 is 11.7 Å². The van der Waals surface area contributed by atoms with Crippen molar-refractivity contribution in [1.29, 1.82) is 0 Å². The van der Waals surface area contributed by atoms with Gasteiger partial charge in [-0.25, -0.2) is 14.3 Å². The van der Waals surface area contributed by atoms with Crippen LogP contribution in [0.1, 0.15) is 26.3 Å². The van der Waals surface area contributed by atoms with E-state index >= 15 is 0 Å². The van der Waals surface area contributed by atoms with E-state index in [1.54, 1.807) is 12.3 Å². The van der Waals surface area contributed by atoms with Crippen molar-refractivity contribution in [3.05, 3.63) is 29.0 Å². The molecule has 2 aromatic heterocycles. The molecule has 4 nitrogen and oxygen atoms in total. The Morgan fingerprint density at radius 1 is 1.47 bits per heavy atom. The molecule has 2 heterocycles. The average Bonchev–Trinajstić information content (AvgIpc) is 2.64. The highest BCUT2D eigenvalue weighted by atomic mass is 35.5. The van der Waals surface area contributed by atoms with Gasteiger partial charge in [-0.15, -0.1) is 11.6 Å². The molecule has 2 aromatic rings. The molecule has 0 saturated carbocycles. The largest absolute Gasteiger partial charge is 0.443 e. The van der Waals surface area contributed by atoms with Crippen LogP contribution in [0.5, 0.6) is 0 Å². The zero-order valence-corrected chi connectivity index (χ0v) is 12.4. The summed E-state index contributed by atoms with van der Waals surface area (Å²) in [6.45, 7) is 5.43. The van der Waals surface area contributed by atoms with Crippen molar-refractivity contribution in [3.8, 4) is 0 Å². The van der Waals surface area contributed by atoms with Gasteiger partial charge in [-0.1, -0.05) is 11.6 Å². The Balaban J connectivity index is 2.52. The fraction of sp³-hybridized carbons (Fsp3) is 0.385. The molecule has 0 radical (unpaired) electrons. The van der Waals surface area contributed by atoms with E-state index in [0.717, 1.165) is 10.9 Å². The molecular weight excluding hydrogens is 287 g/mol. The monoisotopic (exact) mass is 300 g/mol. The van der Waals surface area contributed by atoms with Gasteiger partial charge in [0.25, 0.3) is 0 Å². The van der Waals surface area contributed by atoms with E-state index in [9.17, 15) is 4.79 Å². The second kappa shape index (κ2) is 5.02. The van der Waals surface area contributed by atoms with Gasteiger partial charge in [0.05, 0.1) is 5.02 Å². The maximum absolute atomic E-state index is 12.1. The summed E-state index contributed by atoms with van der Waals surface area (Å²) >= 11 is 11.8. The van der Waals surface area contributed by atoms with Crippen LogP contribution in [0.4, 0.5) is 4.79 Å². The number of alkyl halides is 1. The zero-order valence-electron chi connectivity index (χ0n) is 10.9. The number of halogens is 2. The highest BCUT2D eigenvalue weighted by molar-refractivity contribution is 6.31. The Morgan fingerprint density at radius 3 is 2.74 bits per heavy atom. The Morgan fingerprint density at radius 2 is 2.16 bits per heavy atom. The SMILES string of the molecule is CC(C)(C)OC(=O)n1cc(CCl)c2cc(Cl)cnc21. The van der Waals surface area contributed by atoms with Crippen molar-refractivity contribution < 1.29 is 9.53 Å². The first-order valence-electron chi connectivity index (χ1n) is 5.76. The number of hydrogen-bond donors (Lipinski definition) is 0. The number of hydrogen-bond acceptors (Lipinski definition) is 3. The smallest absolute Gasteiger partial charge is 0.420 e. The number of nitrogens with zero attached hydrogens (tertiary/aromatic N) is 2. The number of fused-ring (bicyclic) bond motifs is 1. The van der Waals surface area contributed by atoms with Gasteiger partial charge >= 0.3 is 6.09 Å². The Kier molecular flexibility index (Phi) is 3.74. The molecule has 0 unspecified atom stereocenters. The third-order valence-electron chi connectivity index (χ3n) is 2.43. The molecule has 6 heteroatoms. The molecule has 0 saturated heterocycles.